The van der Waals surface area contributed by atoms with Gasteiger partial charge in [0.1, 0.15) is 0 Å². The number of methoxy groups -OCH3 is 2. The van der Waals surface area contributed by atoms with Crippen molar-refractivity contribution in [1.82, 2.24) is 0 Å². The second kappa shape index (κ2) is 6.20. The first-order valence-electron chi connectivity index (χ1n) is 7.42. The summed E-state index contributed by atoms with van der Waals surface area (Å²) < 4.78 is 10.3. The van der Waals surface area contributed by atoms with Gasteiger partial charge in [-0.15, -0.1) is 0 Å². The second-order valence-electron chi connectivity index (χ2n) is 5.44. The van der Waals surface area contributed by atoms with E-state index in [2.05, 4.69) is 4.99 Å². The van der Waals surface area contributed by atoms with Crippen molar-refractivity contribution < 1.29 is 19.7 Å². The Kier molecular flexibility index (Phi) is 4.10. The average molecular weight is 313 g/mol. The van der Waals surface area contributed by atoms with Gasteiger partial charge < -0.3 is 19.7 Å². The SMILES string of the molecule is COc1cc(CC2=NCCc3cc(OC)c(O)cc32)ccc1O. The number of hydrogen-bond acceptors (Lipinski definition) is 5. The molecule has 0 bridgehead atoms. The maximum Gasteiger partial charge on any atom is 0.160 e. The van der Waals surface area contributed by atoms with E-state index >= 15 is 0 Å². The van der Waals surface area contributed by atoms with E-state index in [9.17, 15) is 10.2 Å². The third-order valence-electron chi connectivity index (χ3n) is 4.02. The molecule has 0 aliphatic carbocycles. The Morgan fingerprint density at radius 3 is 2.48 bits per heavy atom. The summed E-state index contributed by atoms with van der Waals surface area (Å²) in [5.74, 6) is 1.15. The summed E-state index contributed by atoms with van der Waals surface area (Å²) in [6.07, 6.45) is 1.43. The Labute approximate surface area is 134 Å². The number of hydrogen-bond donors (Lipinski definition) is 2. The first kappa shape index (κ1) is 15.2. The lowest BCUT2D eigenvalue weighted by Crippen LogP contribution is -2.15. The highest BCUT2D eigenvalue weighted by Crippen LogP contribution is 2.33. The zero-order valence-electron chi connectivity index (χ0n) is 13.2. The van der Waals surface area contributed by atoms with E-state index < -0.39 is 0 Å². The summed E-state index contributed by atoms with van der Waals surface area (Å²) in [6, 6.07) is 8.85. The minimum absolute atomic E-state index is 0.115. The van der Waals surface area contributed by atoms with E-state index in [-0.39, 0.29) is 11.5 Å². The number of rotatable bonds is 4. The van der Waals surface area contributed by atoms with Crippen LogP contribution in [0.4, 0.5) is 0 Å². The van der Waals surface area contributed by atoms with E-state index in [1.807, 2.05) is 12.1 Å². The lowest BCUT2D eigenvalue weighted by Gasteiger charge is -2.19. The Morgan fingerprint density at radius 2 is 1.74 bits per heavy atom. The first-order chi connectivity index (χ1) is 11.1. The minimum Gasteiger partial charge on any atom is -0.504 e. The van der Waals surface area contributed by atoms with Gasteiger partial charge in [0.2, 0.25) is 0 Å². The zero-order chi connectivity index (χ0) is 16.4. The van der Waals surface area contributed by atoms with Crippen LogP contribution in [0.2, 0.25) is 0 Å². The number of aromatic hydroxyl groups is 2. The van der Waals surface area contributed by atoms with Crippen molar-refractivity contribution in [3.05, 3.63) is 47.0 Å². The van der Waals surface area contributed by atoms with Crippen LogP contribution < -0.4 is 9.47 Å². The lowest BCUT2D eigenvalue weighted by molar-refractivity contribution is 0.372. The first-order valence-corrected chi connectivity index (χ1v) is 7.42. The fraction of sp³-hybridized carbons (Fsp3) is 0.278. The second-order valence-corrected chi connectivity index (χ2v) is 5.44. The van der Waals surface area contributed by atoms with Crippen molar-refractivity contribution in [1.29, 1.82) is 0 Å². The monoisotopic (exact) mass is 313 g/mol. The van der Waals surface area contributed by atoms with Gasteiger partial charge >= 0.3 is 0 Å². The summed E-state index contributed by atoms with van der Waals surface area (Å²) in [6.45, 7) is 0.714. The maximum absolute atomic E-state index is 10.0. The molecule has 0 unspecified atom stereocenters. The fourth-order valence-corrected chi connectivity index (χ4v) is 2.82. The van der Waals surface area contributed by atoms with Crippen LogP contribution in [0.1, 0.15) is 16.7 Å². The third kappa shape index (κ3) is 2.95. The smallest absolute Gasteiger partial charge is 0.160 e. The minimum atomic E-state index is 0.115. The summed E-state index contributed by atoms with van der Waals surface area (Å²) in [5, 5.41) is 19.7. The molecule has 0 spiro atoms. The van der Waals surface area contributed by atoms with Crippen molar-refractivity contribution in [2.24, 2.45) is 4.99 Å². The number of phenols is 2. The van der Waals surface area contributed by atoms with Crippen LogP contribution in [0.5, 0.6) is 23.0 Å². The van der Waals surface area contributed by atoms with Crippen LogP contribution in [0.15, 0.2) is 35.3 Å². The Bertz CT molecular complexity index is 768. The normalized spacial score (nSPS) is 13.2. The van der Waals surface area contributed by atoms with Crippen LogP contribution in [-0.2, 0) is 12.8 Å². The zero-order valence-corrected chi connectivity index (χ0v) is 13.2. The van der Waals surface area contributed by atoms with Crippen molar-refractivity contribution >= 4 is 5.71 Å². The number of fused-ring (bicyclic) bond motifs is 1. The van der Waals surface area contributed by atoms with Crippen LogP contribution in [0.3, 0.4) is 0 Å². The molecule has 5 heteroatoms. The highest BCUT2D eigenvalue weighted by Gasteiger charge is 2.18. The molecule has 0 saturated carbocycles. The summed E-state index contributed by atoms with van der Waals surface area (Å²) in [7, 11) is 3.07. The Morgan fingerprint density at radius 1 is 1.00 bits per heavy atom. The topological polar surface area (TPSA) is 71.3 Å². The van der Waals surface area contributed by atoms with Gasteiger partial charge in [-0.25, -0.2) is 0 Å². The number of ether oxygens (including phenoxy) is 2. The van der Waals surface area contributed by atoms with Crippen molar-refractivity contribution in [3.8, 4) is 23.0 Å². The van der Waals surface area contributed by atoms with Gasteiger partial charge in [0, 0.05) is 24.2 Å². The molecule has 2 aromatic rings. The molecule has 0 atom stereocenters. The summed E-state index contributed by atoms with van der Waals surface area (Å²) in [5.41, 5.74) is 3.97. The average Bonchev–Trinajstić information content (AvgIpc) is 2.56. The van der Waals surface area contributed by atoms with E-state index in [0.717, 1.165) is 28.8 Å². The Balaban J connectivity index is 1.94. The van der Waals surface area contributed by atoms with Gasteiger partial charge in [-0.2, -0.15) is 0 Å². The summed E-state index contributed by atoms with van der Waals surface area (Å²) >= 11 is 0. The quantitative estimate of drug-likeness (QED) is 0.910. The largest absolute Gasteiger partial charge is 0.504 e. The molecule has 1 heterocycles. The molecule has 0 fully saturated rings. The van der Waals surface area contributed by atoms with Crippen molar-refractivity contribution in [2.75, 3.05) is 20.8 Å². The molecule has 0 amide bonds. The molecule has 0 radical (unpaired) electrons. The third-order valence-corrected chi connectivity index (χ3v) is 4.02. The van der Waals surface area contributed by atoms with Gasteiger partial charge in [-0.1, -0.05) is 6.07 Å². The van der Waals surface area contributed by atoms with E-state index in [0.29, 0.717) is 24.5 Å². The number of phenolic OH excluding ortho intramolecular Hbond substituents is 2. The van der Waals surface area contributed by atoms with Gasteiger partial charge in [0.25, 0.3) is 0 Å². The predicted molar refractivity (Wildman–Crippen MR) is 88.1 cm³/mol. The Hall–Kier alpha value is -2.69. The molecule has 2 aromatic carbocycles. The highest BCUT2D eigenvalue weighted by molar-refractivity contribution is 6.04. The van der Waals surface area contributed by atoms with E-state index in [1.165, 1.54) is 7.11 Å². The molecule has 5 nitrogen and oxygen atoms in total. The molecule has 1 aliphatic heterocycles. The summed E-state index contributed by atoms with van der Waals surface area (Å²) in [4.78, 5) is 4.60. The molecule has 2 N–H and O–H groups in total. The van der Waals surface area contributed by atoms with Crippen LogP contribution >= 0.6 is 0 Å². The standard InChI is InChI=1S/C18H19NO4/c1-22-17-8-11(3-4-15(17)20)7-14-13-10-16(21)18(23-2)9-12(13)5-6-19-14/h3-4,8-10,20-21H,5-7H2,1-2H3. The van der Waals surface area contributed by atoms with Gasteiger partial charge in [-0.3, -0.25) is 4.99 Å². The van der Waals surface area contributed by atoms with Crippen molar-refractivity contribution in [2.45, 2.75) is 12.8 Å². The molecule has 1 aliphatic rings. The number of aliphatic imine (C=N–C) groups is 1. The molecule has 3 rings (SSSR count). The molecule has 0 saturated heterocycles. The molecular formula is C18H19NO4. The predicted octanol–water partition coefficient (Wildman–Crippen LogP) is 2.70. The van der Waals surface area contributed by atoms with Crippen LogP contribution in [0, 0.1) is 0 Å². The van der Waals surface area contributed by atoms with Gasteiger partial charge in [0.15, 0.2) is 23.0 Å². The van der Waals surface area contributed by atoms with Gasteiger partial charge in [-0.05, 0) is 41.8 Å². The maximum atomic E-state index is 10.0. The van der Waals surface area contributed by atoms with Crippen LogP contribution in [0.25, 0.3) is 0 Å². The van der Waals surface area contributed by atoms with E-state index in [1.54, 1.807) is 25.3 Å². The van der Waals surface area contributed by atoms with Crippen molar-refractivity contribution in [3.63, 3.8) is 0 Å². The molecular weight excluding hydrogens is 294 g/mol. The van der Waals surface area contributed by atoms with Crippen LogP contribution in [-0.4, -0.2) is 36.7 Å². The van der Waals surface area contributed by atoms with Gasteiger partial charge in [0.05, 0.1) is 14.2 Å². The number of benzene rings is 2. The molecule has 120 valence electrons. The number of nitrogens with zero attached hydrogens (tertiary/aromatic N) is 1. The lowest BCUT2D eigenvalue weighted by atomic mass is 9.93. The fourth-order valence-electron chi connectivity index (χ4n) is 2.82. The van der Waals surface area contributed by atoms with E-state index in [4.69, 9.17) is 9.47 Å². The molecule has 0 aromatic heterocycles. The highest BCUT2D eigenvalue weighted by atomic mass is 16.5. The molecule has 23 heavy (non-hydrogen) atoms.